The highest BCUT2D eigenvalue weighted by Crippen LogP contribution is 2.30. The molecule has 15 heavy (non-hydrogen) atoms. The number of carbonyl (C=O) groups excluding carboxylic acids is 1. The minimum atomic E-state index is 0.325. The molecule has 0 radical (unpaired) electrons. The van der Waals surface area contributed by atoms with Crippen molar-refractivity contribution in [3.8, 4) is 0 Å². The average Bonchev–Trinajstić information content (AvgIpc) is 2.09. The quantitative estimate of drug-likeness (QED) is 0.683. The third-order valence-electron chi connectivity index (χ3n) is 3.24. The molecule has 0 spiro atoms. The van der Waals surface area contributed by atoms with Gasteiger partial charge in [-0.15, -0.1) is 0 Å². The fraction of sp³-hybridized carbons (Fsp3) is 0.500. The first-order valence-corrected chi connectivity index (χ1v) is 5.76. The fourth-order valence-electron chi connectivity index (χ4n) is 2.21. The highest BCUT2D eigenvalue weighted by molar-refractivity contribution is 5.96. The van der Waals surface area contributed by atoms with Gasteiger partial charge >= 0.3 is 0 Å². The Morgan fingerprint density at radius 3 is 2.27 bits per heavy atom. The van der Waals surface area contributed by atoms with Gasteiger partial charge in [-0.25, -0.2) is 0 Å². The van der Waals surface area contributed by atoms with Crippen molar-refractivity contribution >= 4 is 5.78 Å². The van der Waals surface area contributed by atoms with E-state index >= 15 is 0 Å². The molecule has 0 heterocycles. The van der Waals surface area contributed by atoms with Crippen molar-refractivity contribution in [1.29, 1.82) is 0 Å². The van der Waals surface area contributed by atoms with Crippen LogP contribution in [-0.4, -0.2) is 5.78 Å². The Hall–Kier alpha value is -1.11. The second-order valence-corrected chi connectivity index (χ2v) is 4.80. The fourth-order valence-corrected chi connectivity index (χ4v) is 2.21. The molecule has 1 heteroatoms. The van der Waals surface area contributed by atoms with Crippen LogP contribution < -0.4 is 0 Å². The van der Waals surface area contributed by atoms with Gasteiger partial charge in [-0.1, -0.05) is 36.5 Å². The van der Waals surface area contributed by atoms with Crippen molar-refractivity contribution in [3.05, 3.63) is 34.9 Å². The molecule has 0 aliphatic heterocycles. The van der Waals surface area contributed by atoms with E-state index in [1.165, 1.54) is 30.4 Å². The summed E-state index contributed by atoms with van der Waals surface area (Å²) in [7, 11) is 0. The Bertz CT molecular complexity index is 355. The topological polar surface area (TPSA) is 17.1 Å². The van der Waals surface area contributed by atoms with Crippen LogP contribution in [-0.2, 0) is 0 Å². The third-order valence-corrected chi connectivity index (χ3v) is 3.24. The van der Waals surface area contributed by atoms with Gasteiger partial charge in [0.2, 0.25) is 0 Å². The number of hydrogen-bond donors (Lipinski definition) is 0. The molecule has 1 aromatic carbocycles. The van der Waals surface area contributed by atoms with Gasteiger partial charge in [0.15, 0.2) is 5.78 Å². The molecule has 2 rings (SSSR count). The van der Waals surface area contributed by atoms with Crippen molar-refractivity contribution in [1.82, 2.24) is 0 Å². The smallest absolute Gasteiger partial charge is 0.163 e. The van der Waals surface area contributed by atoms with Crippen LogP contribution in [0.5, 0.6) is 0 Å². The standard InChI is InChI=1S/C14H18O/c1-10-6-11(2)8-13(7-10)14(15)9-12-4-3-5-12/h6-8,12H,3-5,9H2,1-2H3. The maximum atomic E-state index is 12.0. The number of aryl methyl sites for hydroxylation is 2. The molecule has 1 aliphatic rings. The monoisotopic (exact) mass is 202 g/mol. The van der Waals surface area contributed by atoms with Crippen LogP contribution in [0.2, 0.25) is 0 Å². The van der Waals surface area contributed by atoms with Crippen molar-refractivity contribution < 1.29 is 4.79 Å². The van der Waals surface area contributed by atoms with Crippen LogP contribution in [0.1, 0.15) is 47.2 Å². The molecule has 0 amide bonds. The number of benzene rings is 1. The number of rotatable bonds is 3. The second-order valence-electron chi connectivity index (χ2n) is 4.80. The van der Waals surface area contributed by atoms with Crippen molar-refractivity contribution in [2.75, 3.05) is 0 Å². The van der Waals surface area contributed by atoms with E-state index in [-0.39, 0.29) is 0 Å². The number of hydrogen-bond acceptors (Lipinski definition) is 1. The van der Waals surface area contributed by atoms with E-state index in [9.17, 15) is 4.79 Å². The van der Waals surface area contributed by atoms with Gasteiger partial charge in [0.1, 0.15) is 0 Å². The zero-order chi connectivity index (χ0) is 10.8. The number of Topliss-reactive ketones (excluding diaryl/α,β-unsaturated/α-hetero) is 1. The maximum absolute atomic E-state index is 12.0. The summed E-state index contributed by atoms with van der Waals surface area (Å²) in [6, 6.07) is 6.13. The van der Waals surface area contributed by atoms with Gasteiger partial charge < -0.3 is 0 Å². The minimum Gasteiger partial charge on any atom is -0.294 e. The first-order valence-electron chi connectivity index (χ1n) is 5.76. The van der Waals surface area contributed by atoms with E-state index in [0.29, 0.717) is 11.7 Å². The first-order chi connectivity index (χ1) is 7.15. The van der Waals surface area contributed by atoms with E-state index < -0.39 is 0 Å². The molecule has 1 aliphatic carbocycles. The lowest BCUT2D eigenvalue weighted by Gasteiger charge is -2.24. The zero-order valence-corrected chi connectivity index (χ0v) is 9.55. The van der Waals surface area contributed by atoms with E-state index in [4.69, 9.17) is 0 Å². The molecule has 0 atom stereocenters. The van der Waals surface area contributed by atoms with Crippen molar-refractivity contribution in [3.63, 3.8) is 0 Å². The Labute approximate surface area is 91.5 Å². The molecule has 0 bridgehead atoms. The van der Waals surface area contributed by atoms with E-state index in [1.807, 2.05) is 26.0 Å². The highest BCUT2D eigenvalue weighted by atomic mass is 16.1. The lowest BCUT2D eigenvalue weighted by molar-refractivity contribution is 0.0936. The number of ketones is 1. The van der Waals surface area contributed by atoms with Crippen molar-refractivity contribution in [2.45, 2.75) is 39.5 Å². The van der Waals surface area contributed by atoms with Crippen LogP contribution in [0.25, 0.3) is 0 Å². The highest BCUT2D eigenvalue weighted by Gasteiger charge is 2.21. The van der Waals surface area contributed by atoms with E-state index in [0.717, 1.165) is 12.0 Å². The second kappa shape index (κ2) is 4.18. The first kappa shape index (κ1) is 10.4. The molecule has 80 valence electrons. The normalized spacial score (nSPS) is 16.1. The van der Waals surface area contributed by atoms with Crippen LogP contribution in [0.4, 0.5) is 0 Å². The van der Waals surface area contributed by atoms with E-state index in [1.54, 1.807) is 0 Å². The summed E-state index contributed by atoms with van der Waals surface area (Å²) in [6.45, 7) is 4.10. The molecule has 0 unspecified atom stereocenters. The minimum absolute atomic E-state index is 0.325. The summed E-state index contributed by atoms with van der Waals surface area (Å²) < 4.78 is 0. The van der Waals surface area contributed by atoms with Gasteiger partial charge in [0, 0.05) is 12.0 Å². The molecule has 1 fully saturated rings. The Morgan fingerprint density at radius 1 is 1.20 bits per heavy atom. The SMILES string of the molecule is Cc1cc(C)cc(C(=O)CC2CCC2)c1. The lowest BCUT2D eigenvalue weighted by atomic mass is 9.81. The summed E-state index contributed by atoms with van der Waals surface area (Å²) in [5, 5.41) is 0. The Balaban J connectivity index is 2.10. The van der Waals surface area contributed by atoms with Crippen LogP contribution in [0.3, 0.4) is 0 Å². The van der Waals surface area contributed by atoms with Crippen molar-refractivity contribution in [2.24, 2.45) is 5.92 Å². The van der Waals surface area contributed by atoms with Crippen LogP contribution in [0.15, 0.2) is 18.2 Å². The van der Waals surface area contributed by atoms with Crippen LogP contribution in [0, 0.1) is 19.8 Å². The van der Waals surface area contributed by atoms with Gasteiger partial charge in [-0.3, -0.25) is 4.79 Å². The molecule has 0 aromatic heterocycles. The maximum Gasteiger partial charge on any atom is 0.163 e. The lowest BCUT2D eigenvalue weighted by Crippen LogP contribution is -2.16. The summed E-state index contributed by atoms with van der Waals surface area (Å²) in [4.78, 5) is 12.0. The number of carbonyl (C=O) groups is 1. The molecule has 0 saturated heterocycles. The summed E-state index contributed by atoms with van der Waals surface area (Å²) in [6.07, 6.45) is 4.56. The molecule has 0 N–H and O–H groups in total. The van der Waals surface area contributed by atoms with Gasteiger partial charge in [0.05, 0.1) is 0 Å². The van der Waals surface area contributed by atoms with E-state index in [2.05, 4.69) is 6.07 Å². The molecular weight excluding hydrogens is 184 g/mol. The van der Waals surface area contributed by atoms with Gasteiger partial charge in [-0.2, -0.15) is 0 Å². The van der Waals surface area contributed by atoms with Crippen LogP contribution >= 0.6 is 0 Å². The summed E-state index contributed by atoms with van der Waals surface area (Å²) in [5.41, 5.74) is 3.28. The summed E-state index contributed by atoms with van der Waals surface area (Å²) >= 11 is 0. The predicted molar refractivity (Wildman–Crippen MR) is 62.2 cm³/mol. The third kappa shape index (κ3) is 2.47. The largest absolute Gasteiger partial charge is 0.294 e. The molecule has 1 aromatic rings. The average molecular weight is 202 g/mol. The van der Waals surface area contributed by atoms with Gasteiger partial charge in [0.25, 0.3) is 0 Å². The Morgan fingerprint density at radius 2 is 1.80 bits per heavy atom. The predicted octanol–water partition coefficient (Wildman–Crippen LogP) is 3.68. The molecule has 1 saturated carbocycles. The summed E-state index contributed by atoms with van der Waals surface area (Å²) in [5.74, 6) is 0.991. The molecule has 1 nitrogen and oxygen atoms in total. The zero-order valence-electron chi connectivity index (χ0n) is 9.55. The van der Waals surface area contributed by atoms with Gasteiger partial charge in [-0.05, 0) is 31.9 Å². The molecular formula is C14H18O. The Kier molecular flexibility index (Phi) is 2.90.